The van der Waals surface area contributed by atoms with Crippen molar-refractivity contribution in [1.82, 2.24) is 4.90 Å². The summed E-state index contributed by atoms with van der Waals surface area (Å²) >= 11 is 5.63. The highest BCUT2D eigenvalue weighted by Crippen LogP contribution is 2.24. The Morgan fingerprint density at radius 1 is 1.45 bits per heavy atom. The van der Waals surface area contributed by atoms with Crippen LogP contribution in [0.15, 0.2) is 17.0 Å². The van der Waals surface area contributed by atoms with Crippen molar-refractivity contribution in [3.63, 3.8) is 0 Å². The Morgan fingerprint density at radius 3 is 2.55 bits per heavy atom. The molecule has 8 heteroatoms. The Morgan fingerprint density at radius 2 is 2.05 bits per heavy atom. The van der Waals surface area contributed by atoms with Crippen molar-refractivity contribution in [2.45, 2.75) is 24.7 Å². The number of nitrogens with two attached hydrogens (primary N) is 1. The zero-order chi connectivity index (χ0) is 15.5. The minimum Gasteiger partial charge on any atom is -0.342 e. The first-order valence-corrected chi connectivity index (χ1v) is 7.88. The highest BCUT2D eigenvalue weighted by atomic mass is 35.5. The van der Waals surface area contributed by atoms with E-state index in [0.717, 1.165) is 25.0 Å². The Balaban J connectivity index is 3.22. The molecule has 1 amide bonds. The maximum Gasteiger partial charge on any atom is 0.256 e. The van der Waals surface area contributed by atoms with E-state index in [1.165, 1.54) is 11.9 Å². The number of carbonyl (C=O) groups is 1. The van der Waals surface area contributed by atoms with Crippen molar-refractivity contribution in [2.75, 3.05) is 13.6 Å². The van der Waals surface area contributed by atoms with Crippen LogP contribution < -0.4 is 5.14 Å². The summed E-state index contributed by atoms with van der Waals surface area (Å²) in [7, 11) is -2.60. The first-order valence-electron chi connectivity index (χ1n) is 5.95. The van der Waals surface area contributed by atoms with Crippen LogP contribution in [0.5, 0.6) is 0 Å². The van der Waals surface area contributed by atoms with Crippen LogP contribution >= 0.6 is 11.6 Å². The number of sulfonamides is 1. The minimum absolute atomic E-state index is 0.349. The third-order valence-corrected chi connectivity index (χ3v) is 4.13. The number of amides is 1. The number of hydrogen-bond donors (Lipinski definition) is 1. The lowest BCUT2D eigenvalue weighted by atomic mass is 10.2. The van der Waals surface area contributed by atoms with Gasteiger partial charge >= 0.3 is 0 Å². The average Bonchev–Trinajstić information content (AvgIpc) is 2.33. The fourth-order valence-electron chi connectivity index (χ4n) is 1.61. The van der Waals surface area contributed by atoms with Crippen LogP contribution in [0.1, 0.15) is 30.1 Å². The molecule has 112 valence electrons. The molecule has 1 rings (SSSR count). The lowest BCUT2D eigenvalue weighted by Crippen LogP contribution is -2.29. The number of hydrogen-bond acceptors (Lipinski definition) is 3. The van der Waals surface area contributed by atoms with Gasteiger partial charge in [-0.2, -0.15) is 0 Å². The predicted octanol–water partition coefficient (Wildman–Crippen LogP) is 2.00. The van der Waals surface area contributed by atoms with Gasteiger partial charge in [0, 0.05) is 13.6 Å². The number of halogens is 2. The Hall–Kier alpha value is -1.18. The molecule has 0 fully saturated rings. The van der Waals surface area contributed by atoms with Gasteiger partial charge in [-0.3, -0.25) is 4.79 Å². The van der Waals surface area contributed by atoms with Gasteiger partial charge in [-0.15, -0.1) is 0 Å². The lowest BCUT2D eigenvalue weighted by molar-refractivity contribution is 0.0788. The van der Waals surface area contributed by atoms with Crippen molar-refractivity contribution in [3.8, 4) is 0 Å². The van der Waals surface area contributed by atoms with Crippen molar-refractivity contribution < 1.29 is 17.6 Å². The number of benzene rings is 1. The van der Waals surface area contributed by atoms with Gasteiger partial charge in [0.1, 0.15) is 10.7 Å². The molecule has 0 aromatic heterocycles. The van der Waals surface area contributed by atoms with Crippen LogP contribution in [-0.2, 0) is 10.0 Å². The van der Waals surface area contributed by atoms with Crippen molar-refractivity contribution in [3.05, 3.63) is 28.5 Å². The second-order valence-electron chi connectivity index (χ2n) is 4.39. The van der Waals surface area contributed by atoms with Gasteiger partial charge < -0.3 is 4.90 Å². The average molecular weight is 323 g/mol. The molecule has 5 nitrogen and oxygen atoms in total. The highest BCUT2D eigenvalue weighted by molar-refractivity contribution is 7.89. The summed E-state index contributed by atoms with van der Waals surface area (Å²) in [5, 5.41) is 4.62. The van der Waals surface area contributed by atoms with E-state index in [9.17, 15) is 17.6 Å². The predicted molar refractivity (Wildman–Crippen MR) is 74.7 cm³/mol. The lowest BCUT2D eigenvalue weighted by Gasteiger charge is -2.17. The Kier molecular flexibility index (Phi) is 5.50. The summed E-state index contributed by atoms with van der Waals surface area (Å²) in [6.07, 6.45) is 1.64. The van der Waals surface area contributed by atoms with Gasteiger partial charge in [-0.05, 0) is 18.6 Å². The van der Waals surface area contributed by atoms with Gasteiger partial charge in [-0.25, -0.2) is 17.9 Å². The number of primary sulfonamides is 1. The van der Waals surface area contributed by atoms with Gasteiger partial charge in [0.15, 0.2) is 0 Å². The van der Waals surface area contributed by atoms with E-state index < -0.39 is 26.6 Å². The monoisotopic (exact) mass is 322 g/mol. The number of carbonyl (C=O) groups excluding carboxylic acids is 1. The van der Waals surface area contributed by atoms with Gasteiger partial charge in [-0.1, -0.05) is 24.9 Å². The standard InChI is InChI=1S/C12H16ClFN2O3S/c1-3-4-5-16(2)12(17)8-6-11(20(15,18)19)9(13)7-10(8)14/h6-7H,3-5H2,1-2H3,(H2,15,18,19). The van der Waals surface area contributed by atoms with E-state index in [4.69, 9.17) is 16.7 Å². The molecule has 0 saturated carbocycles. The molecule has 0 atom stereocenters. The van der Waals surface area contributed by atoms with Crippen molar-refractivity contribution >= 4 is 27.5 Å². The summed E-state index contributed by atoms with van der Waals surface area (Å²) in [5.74, 6) is -1.49. The van der Waals surface area contributed by atoms with E-state index in [1.807, 2.05) is 6.92 Å². The van der Waals surface area contributed by atoms with Crippen molar-refractivity contribution in [2.24, 2.45) is 5.14 Å². The van der Waals surface area contributed by atoms with Crippen LogP contribution in [0.3, 0.4) is 0 Å². The van der Waals surface area contributed by atoms with E-state index in [-0.39, 0.29) is 10.6 Å². The quantitative estimate of drug-likeness (QED) is 0.900. The zero-order valence-corrected chi connectivity index (χ0v) is 12.8. The molecular weight excluding hydrogens is 307 g/mol. The summed E-state index contributed by atoms with van der Waals surface area (Å²) in [6.45, 7) is 2.41. The third-order valence-electron chi connectivity index (χ3n) is 2.75. The zero-order valence-electron chi connectivity index (χ0n) is 11.2. The summed E-state index contributed by atoms with van der Waals surface area (Å²) < 4.78 is 36.4. The molecule has 0 saturated heterocycles. The number of rotatable bonds is 5. The van der Waals surface area contributed by atoms with E-state index >= 15 is 0 Å². The summed E-state index contributed by atoms with van der Waals surface area (Å²) in [5.41, 5.74) is -0.364. The van der Waals surface area contributed by atoms with Crippen LogP contribution in [0, 0.1) is 5.82 Å². The molecule has 0 aliphatic rings. The van der Waals surface area contributed by atoms with E-state index in [2.05, 4.69) is 0 Å². The SMILES string of the molecule is CCCCN(C)C(=O)c1cc(S(N)(=O)=O)c(Cl)cc1F. The molecule has 0 unspecified atom stereocenters. The van der Waals surface area contributed by atoms with Gasteiger partial charge in [0.2, 0.25) is 10.0 Å². The number of nitrogens with zero attached hydrogens (tertiary/aromatic N) is 1. The fraction of sp³-hybridized carbons (Fsp3) is 0.417. The van der Waals surface area contributed by atoms with Gasteiger partial charge in [0.25, 0.3) is 5.91 Å². The summed E-state index contributed by atoms with van der Waals surface area (Å²) in [4.78, 5) is 12.9. The van der Waals surface area contributed by atoms with E-state index in [0.29, 0.717) is 6.54 Å². The second kappa shape index (κ2) is 6.51. The second-order valence-corrected chi connectivity index (χ2v) is 6.32. The van der Waals surface area contributed by atoms with Gasteiger partial charge in [0.05, 0.1) is 10.6 Å². The normalized spacial score (nSPS) is 11.4. The smallest absolute Gasteiger partial charge is 0.256 e. The highest BCUT2D eigenvalue weighted by Gasteiger charge is 2.22. The molecule has 0 heterocycles. The molecule has 0 aliphatic heterocycles. The first kappa shape index (κ1) is 16.9. The third kappa shape index (κ3) is 3.91. The van der Waals surface area contributed by atoms with Crippen LogP contribution in [0.2, 0.25) is 5.02 Å². The molecule has 0 aliphatic carbocycles. The molecule has 0 spiro atoms. The molecule has 1 aromatic rings. The molecule has 0 bridgehead atoms. The Labute approximate surface area is 122 Å². The minimum atomic E-state index is -4.12. The maximum atomic E-state index is 13.8. The largest absolute Gasteiger partial charge is 0.342 e. The van der Waals surface area contributed by atoms with Crippen LogP contribution in [-0.4, -0.2) is 32.8 Å². The molecule has 0 radical (unpaired) electrons. The Bertz CT molecular complexity index is 619. The van der Waals surface area contributed by atoms with Crippen LogP contribution in [0.25, 0.3) is 0 Å². The number of unbranched alkanes of at least 4 members (excludes halogenated alkanes) is 1. The molecule has 2 N–H and O–H groups in total. The topological polar surface area (TPSA) is 80.5 Å². The first-order chi connectivity index (χ1) is 9.18. The molecule has 1 aromatic carbocycles. The van der Waals surface area contributed by atoms with Crippen LogP contribution in [0.4, 0.5) is 4.39 Å². The molecular formula is C12H16ClFN2O3S. The fourth-order valence-corrected chi connectivity index (χ4v) is 2.70. The van der Waals surface area contributed by atoms with Crippen molar-refractivity contribution in [1.29, 1.82) is 0 Å². The maximum absolute atomic E-state index is 13.8. The summed E-state index contributed by atoms with van der Waals surface area (Å²) in [6, 6.07) is 1.65. The molecule has 20 heavy (non-hydrogen) atoms. The van der Waals surface area contributed by atoms with E-state index in [1.54, 1.807) is 0 Å².